The number of methoxy groups -OCH3 is 2. The van der Waals surface area contributed by atoms with Gasteiger partial charge in [0.1, 0.15) is 12.1 Å². The number of rotatable bonds is 5. The first kappa shape index (κ1) is 20.7. The smallest absolute Gasteiger partial charge is 0.228 e. The molecule has 1 atom stereocenters. The van der Waals surface area contributed by atoms with Crippen molar-refractivity contribution in [2.24, 2.45) is 0 Å². The van der Waals surface area contributed by atoms with Gasteiger partial charge in [0.2, 0.25) is 5.88 Å². The molecule has 0 unspecified atom stereocenters. The van der Waals surface area contributed by atoms with Gasteiger partial charge in [-0.3, -0.25) is 4.79 Å². The first-order valence-electron chi connectivity index (χ1n) is 10.4. The number of carbonyl (C=O) groups excluding carboxylic acids is 1. The summed E-state index contributed by atoms with van der Waals surface area (Å²) in [5, 5.41) is 4.61. The van der Waals surface area contributed by atoms with E-state index in [1.807, 2.05) is 48.5 Å². The predicted molar refractivity (Wildman–Crippen MR) is 122 cm³/mol. The Morgan fingerprint density at radius 3 is 2.52 bits per heavy atom. The van der Waals surface area contributed by atoms with Crippen LogP contribution in [0.4, 0.5) is 0 Å². The van der Waals surface area contributed by atoms with Crippen molar-refractivity contribution in [1.29, 1.82) is 0 Å². The number of hydrogen-bond donors (Lipinski definition) is 0. The summed E-state index contributed by atoms with van der Waals surface area (Å²) in [7, 11) is 3.16. The lowest BCUT2D eigenvalue weighted by molar-refractivity contribution is -0.114. The highest BCUT2D eigenvalue weighted by Crippen LogP contribution is 2.45. The number of allylic oxidation sites excluding steroid dienone is 2. The lowest BCUT2D eigenvalue weighted by Gasteiger charge is -2.28. The van der Waals surface area contributed by atoms with Crippen LogP contribution in [0.2, 0.25) is 0 Å². The second-order valence-corrected chi connectivity index (χ2v) is 7.71. The number of carbonyl (C=O) groups is 1. The number of ketones is 1. The molecule has 0 bridgehead atoms. The van der Waals surface area contributed by atoms with Crippen LogP contribution < -0.4 is 14.2 Å². The van der Waals surface area contributed by atoms with E-state index in [9.17, 15) is 4.79 Å². The van der Waals surface area contributed by atoms with Crippen LogP contribution >= 0.6 is 0 Å². The number of ether oxygens (including phenoxy) is 3. The monoisotopic (exact) mass is 442 g/mol. The van der Waals surface area contributed by atoms with Crippen molar-refractivity contribution < 1.29 is 19.0 Å². The Kier molecular flexibility index (Phi) is 5.05. The Labute approximate surface area is 190 Å². The van der Waals surface area contributed by atoms with E-state index in [1.165, 1.54) is 6.92 Å². The van der Waals surface area contributed by atoms with Crippen LogP contribution in [0.25, 0.3) is 17.0 Å². The molecule has 4 aromatic rings. The van der Waals surface area contributed by atoms with E-state index in [2.05, 4.69) is 10.1 Å². The van der Waals surface area contributed by atoms with E-state index in [0.717, 1.165) is 11.1 Å². The van der Waals surface area contributed by atoms with Crippen LogP contribution in [0.5, 0.6) is 17.4 Å². The summed E-state index contributed by atoms with van der Waals surface area (Å²) >= 11 is 0. The van der Waals surface area contributed by atoms with Crippen molar-refractivity contribution >= 4 is 11.4 Å². The molecule has 166 valence electrons. The van der Waals surface area contributed by atoms with Crippen LogP contribution in [-0.2, 0) is 4.79 Å². The highest BCUT2D eigenvalue weighted by Gasteiger charge is 2.36. The topological polar surface area (TPSA) is 87.8 Å². The SMILES string of the molecule is COc1ccc([C@@H]2C(C(C)=O)=C(C)Oc3ncn4nc(-c5ccccc5)nc4c32)cc1OC. The highest BCUT2D eigenvalue weighted by molar-refractivity contribution is 5.97. The molecule has 3 heterocycles. The fourth-order valence-corrected chi connectivity index (χ4v) is 4.27. The summed E-state index contributed by atoms with van der Waals surface area (Å²) in [6.45, 7) is 3.31. The Hall–Kier alpha value is -4.20. The normalized spacial score (nSPS) is 15.2. The Morgan fingerprint density at radius 2 is 1.82 bits per heavy atom. The zero-order valence-corrected chi connectivity index (χ0v) is 18.7. The molecule has 2 aromatic heterocycles. The summed E-state index contributed by atoms with van der Waals surface area (Å²) in [6.07, 6.45) is 1.57. The number of nitrogens with zero attached hydrogens (tertiary/aromatic N) is 4. The van der Waals surface area contributed by atoms with Gasteiger partial charge in [-0.2, -0.15) is 0 Å². The molecule has 8 nitrogen and oxygen atoms in total. The number of aromatic nitrogens is 4. The molecule has 0 radical (unpaired) electrons. The van der Waals surface area contributed by atoms with E-state index < -0.39 is 5.92 Å². The minimum atomic E-state index is -0.463. The van der Waals surface area contributed by atoms with Gasteiger partial charge in [-0.1, -0.05) is 36.4 Å². The lowest BCUT2D eigenvalue weighted by atomic mass is 9.81. The van der Waals surface area contributed by atoms with Gasteiger partial charge in [0.15, 0.2) is 28.8 Å². The number of fused-ring (bicyclic) bond motifs is 3. The summed E-state index contributed by atoms with van der Waals surface area (Å²) in [5.74, 6) is 2.08. The van der Waals surface area contributed by atoms with Gasteiger partial charge in [0, 0.05) is 11.1 Å². The molecule has 8 heteroatoms. The second-order valence-electron chi connectivity index (χ2n) is 7.71. The molecule has 33 heavy (non-hydrogen) atoms. The van der Waals surface area contributed by atoms with Crippen molar-refractivity contribution in [3.63, 3.8) is 0 Å². The first-order chi connectivity index (χ1) is 16.0. The third-order valence-electron chi connectivity index (χ3n) is 5.75. The van der Waals surface area contributed by atoms with E-state index in [0.29, 0.717) is 45.7 Å². The van der Waals surface area contributed by atoms with Crippen LogP contribution in [0.15, 0.2) is 66.2 Å². The molecule has 2 aromatic carbocycles. The third-order valence-corrected chi connectivity index (χ3v) is 5.75. The summed E-state index contributed by atoms with van der Waals surface area (Å²) in [5.41, 5.74) is 3.50. The minimum Gasteiger partial charge on any atom is -0.493 e. The maximum absolute atomic E-state index is 12.8. The molecular formula is C25H22N4O4. The minimum absolute atomic E-state index is 0.0947. The standard InChI is InChI=1S/C25H22N4O4/c1-14(30)20-15(2)33-25-22(21(20)17-10-11-18(31-3)19(12-17)32-4)24-27-23(28-29(24)13-26-25)16-8-6-5-7-9-16/h5-13,21H,1-4H3/t21-/m1/s1. The van der Waals surface area contributed by atoms with Crippen molar-refractivity contribution in [2.75, 3.05) is 14.2 Å². The van der Waals surface area contributed by atoms with Crippen LogP contribution in [0, 0.1) is 0 Å². The molecule has 5 rings (SSSR count). The van der Waals surface area contributed by atoms with Gasteiger partial charge in [0.05, 0.1) is 25.7 Å². The maximum atomic E-state index is 12.8. The molecule has 0 spiro atoms. The van der Waals surface area contributed by atoms with Crippen LogP contribution in [-0.4, -0.2) is 39.6 Å². The maximum Gasteiger partial charge on any atom is 0.228 e. The van der Waals surface area contributed by atoms with Crippen LogP contribution in [0.1, 0.15) is 30.9 Å². The molecule has 0 saturated carbocycles. The molecule has 0 amide bonds. The number of hydrogen-bond acceptors (Lipinski definition) is 7. The van der Waals surface area contributed by atoms with Crippen molar-refractivity contribution in [1.82, 2.24) is 19.6 Å². The highest BCUT2D eigenvalue weighted by atomic mass is 16.5. The summed E-state index contributed by atoms with van der Waals surface area (Å²) in [4.78, 5) is 22.1. The van der Waals surface area contributed by atoms with E-state index in [-0.39, 0.29) is 5.78 Å². The van der Waals surface area contributed by atoms with E-state index >= 15 is 0 Å². The zero-order chi connectivity index (χ0) is 23.1. The lowest BCUT2D eigenvalue weighted by Crippen LogP contribution is -2.22. The Bertz CT molecular complexity index is 1410. The largest absolute Gasteiger partial charge is 0.493 e. The Morgan fingerprint density at radius 1 is 1.06 bits per heavy atom. The molecule has 0 N–H and O–H groups in total. The van der Waals surface area contributed by atoms with Gasteiger partial charge >= 0.3 is 0 Å². The fourth-order valence-electron chi connectivity index (χ4n) is 4.27. The van der Waals surface area contributed by atoms with Crippen molar-refractivity contribution in [3.8, 4) is 28.8 Å². The molecular weight excluding hydrogens is 420 g/mol. The molecule has 0 saturated heterocycles. The quantitative estimate of drug-likeness (QED) is 0.458. The first-order valence-corrected chi connectivity index (χ1v) is 10.4. The molecule has 0 aliphatic carbocycles. The van der Waals surface area contributed by atoms with Gasteiger partial charge in [-0.15, -0.1) is 5.10 Å². The molecule has 1 aliphatic heterocycles. The Balaban J connectivity index is 1.78. The predicted octanol–water partition coefficient (Wildman–Crippen LogP) is 4.20. The third kappa shape index (κ3) is 3.40. The average molecular weight is 442 g/mol. The van der Waals surface area contributed by atoms with Crippen molar-refractivity contribution in [3.05, 3.63) is 77.3 Å². The molecule has 0 fully saturated rings. The van der Waals surface area contributed by atoms with E-state index in [4.69, 9.17) is 19.2 Å². The summed E-state index contributed by atoms with van der Waals surface area (Å²) < 4.78 is 18.5. The van der Waals surface area contributed by atoms with Gasteiger partial charge in [-0.25, -0.2) is 14.5 Å². The summed E-state index contributed by atoms with van der Waals surface area (Å²) in [6, 6.07) is 15.3. The van der Waals surface area contributed by atoms with E-state index in [1.54, 1.807) is 32.0 Å². The van der Waals surface area contributed by atoms with Gasteiger partial charge in [0.25, 0.3) is 0 Å². The average Bonchev–Trinajstić information content (AvgIpc) is 3.27. The second kappa shape index (κ2) is 8.05. The number of Topliss-reactive ketones (excluding diaryl/α,β-unsaturated/α-hetero) is 1. The van der Waals surface area contributed by atoms with Gasteiger partial charge in [-0.05, 0) is 31.5 Å². The van der Waals surface area contributed by atoms with Gasteiger partial charge < -0.3 is 14.2 Å². The van der Waals surface area contributed by atoms with Crippen LogP contribution in [0.3, 0.4) is 0 Å². The fraction of sp³-hybridized carbons (Fsp3) is 0.200. The zero-order valence-electron chi connectivity index (χ0n) is 18.7. The number of benzene rings is 2. The molecule has 1 aliphatic rings. The van der Waals surface area contributed by atoms with Crippen molar-refractivity contribution in [2.45, 2.75) is 19.8 Å².